The Morgan fingerprint density at radius 2 is 2.45 bits per heavy atom. The first kappa shape index (κ1) is 8.33. The smallest absolute Gasteiger partial charge is 0.0556 e. The van der Waals surface area contributed by atoms with E-state index in [1.807, 2.05) is 0 Å². The van der Waals surface area contributed by atoms with Gasteiger partial charge in [-0.15, -0.1) is 0 Å². The van der Waals surface area contributed by atoms with Crippen molar-refractivity contribution in [1.29, 1.82) is 0 Å². The highest BCUT2D eigenvalue weighted by atomic mass is 16.3. The van der Waals surface area contributed by atoms with Crippen molar-refractivity contribution in [3.05, 3.63) is 10.4 Å². The average molecular weight is 156 g/mol. The average Bonchev–Trinajstić information content (AvgIpc) is 2.15. The maximum Gasteiger partial charge on any atom is 0.0556 e. The zero-order valence-corrected chi connectivity index (χ0v) is 6.27. The van der Waals surface area contributed by atoms with Crippen LogP contribution in [0.1, 0.15) is 12.8 Å². The maximum absolute atomic E-state index is 9.26. The molecular weight excluding hydrogens is 144 g/mol. The molecule has 2 unspecified atom stereocenters. The molecule has 11 heavy (non-hydrogen) atoms. The highest BCUT2D eigenvalue weighted by Crippen LogP contribution is 2.08. The fourth-order valence-corrected chi connectivity index (χ4v) is 1.21. The largest absolute Gasteiger partial charge is 0.393 e. The summed E-state index contributed by atoms with van der Waals surface area (Å²) >= 11 is 0. The first-order chi connectivity index (χ1) is 5.33. The molecule has 1 saturated heterocycles. The molecule has 2 atom stereocenters. The summed E-state index contributed by atoms with van der Waals surface area (Å²) in [6.07, 6.45) is 1.01. The minimum atomic E-state index is -0.319. The Bertz CT molecular complexity index is 166. The lowest BCUT2D eigenvalue weighted by Crippen LogP contribution is -2.22. The summed E-state index contributed by atoms with van der Waals surface area (Å²) in [5.74, 6) is 0. The number of nitrogens with one attached hydrogen (secondary N) is 1. The number of aliphatic hydroxyl groups is 1. The van der Waals surface area contributed by atoms with E-state index < -0.39 is 0 Å². The molecular formula is C6H12N4O. The second-order valence-electron chi connectivity index (χ2n) is 2.74. The molecule has 0 bridgehead atoms. The van der Waals surface area contributed by atoms with Crippen LogP contribution < -0.4 is 5.32 Å². The first-order valence-corrected chi connectivity index (χ1v) is 3.76. The lowest BCUT2D eigenvalue weighted by molar-refractivity contribution is 0.156. The van der Waals surface area contributed by atoms with Crippen molar-refractivity contribution in [3.8, 4) is 0 Å². The molecule has 5 nitrogen and oxygen atoms in total. The molecule has 5 heteroatoms. The van der Waals surface area contributed by atoms with Crippen LogP contribution in [0.15, 0.2) is 5.11 Å². The third-order valence-corrected chi connectivity index (χ3v) is 1.79. The Hall–Kier alpha value is -0.770. The van der Waals surface area contributed by atoms with Crippen LogP contribution in [0, 0.1) is 0 Å². The minimum Gasteiger partial charge on any atom is -0.393 e. The van der Waals surface area contributed by atoms with Gasteiger partial charge in [0, 0.05) is 11.5 Å². The van der Waals surface area contributed by atoms with Crippen LogP contribution in [0.2, 0.25) is 0 Å². The van der Waals surface area contributed by atoms with Gasteiger partial charge in [0.1, 0.15) is 0 Å². The molecule has 0 saturated carbocycles. The summed E-state index contributed by atoms with van der Waals surface area (Å²) in [6.45, 7) is 1.49. The van der Waals surface area contributed by atoms with E-state index in [1.54, 1.807) is 0 Å². The van der Waals surface area contributed by atoms with Crippen molar-refractivity contribution in [2.24, 2.45) is 5.11 Å². The molecule has 0 amide bonds. The number of nitrogens with zero attached hydrogens (tertiary/aromatic N) is 3. The molecule has 0 aromatic carbocycles. The van der Waals surface area contributed by atoms with Crippen LogP contribution in [0.4, 0.5) is 0 Å². The summed E-state index contributed by atoms with van der Waals surface area (Å²) in [7, 11) is 0. The van der Waals surface area contributed by atoms with Gasteiger partial charge >= 0.3 is 0 Å². The summed E-state index contributed by atoms with van der Waals surface area (Å²) in [4.78, 5) is 2.71. The van der Waals surface area contributed by atoms with Crippen molar-refractivity contribution in [3.63, 3.8) is 0 Å². The molecule has 0 aromatic rings. The van der Waals surface area contributed by atoms with E-state index >= 15 is 0 Å². The molecule has 2 N–H and O–H groups in total. The van der Waals surface area contributed by atoms with Crippen LogP contribution in [0.25, 0.3) is 10.4 Å². The second kappa shape index (κ2) is 4.18. The van der Waals surface area contributed by atoms with Gasteiger partial charge in [0.2, 0.25) is 0 Å². The summed E-state index contributed by atoms with van der Waals surface area (Å²) < 4.78 is 0. The lowest BCUT2D eigenvalue weighted by atomic mass is 10.1. The highest BCUT2D eigenvalue weighted by Gasteiger charge is 2.16. The van der Waals surface area contributed by atoms with Crippen molar-refractivity contribution >= 4 is 0 Å². The van der Waals surface area contributed by atoms with Crippen molar-refractivity contribution in [2.75, 3.05) is 13.1 Å². The molecule has 1 aliphatic heterocycles. The third-order valence-electron chi connectivity index (χ3n) is 1.79. The topological polar surface area (TPSA) is 81.0 Å². The van der Waals surface area contributed by atoms with Gasteiger partial charge in [-0.3, -0.25) is 0 Å². The molecule has 1 rings (SSSR count). The van der Waals surface area contributed by atoms with Crippen LogP contribution in [-0.4, -0.2) is 30.3 Å². The fraction of sp³-hybridized carbons (Fsp3) is 1.00. The van der Waals surface area contributed by atoms with E-state index in [4.69, 9.17) is 5.53 Å². The van der Waals surface area contributed by atoms with Gasteiger partial charge in [0.05, 0.1) is 12.1 Å². The lowest BCUT2D eigenvalue weighted by Gasteiger charge is -2.08. The van der Waals surface area contributed by atoms with Gasteiger partial charge in [0.25, 0.3) is 0 Å². The Morgan fingerprint density at radius 3 is 3.18 bits per heavy atom. The predicted molar refractivity (Wildman–Crippen MR) is 41.0 cm³/mol. The first-order valence-electron chi connectivity index (χ1n) is 3.76. The van der Waals surface area contributed by atoms with Gasteiger partial charge < -0.3 is 10.4 Å². The summed E-state index contributed by atoms with van der Waals surface area (Å²) in [6, 6.07) is -0.0856. The Kier molecular flexibility index (Phi) is 3.16. The Balaban J connectivity index is 2.45. The molecule has 62 valence electrons. The number of hydrogen-bond acceptors (Lipinski definition) is 3. The number of aliphatic hydroxyl groups excluding tert-OH is 1. The van der Waals surface area contributed by atoms with E-state index in [1.165, 1.54) is 0 Å². The summed E-state index contributed by atoms with van der Waals surface area (Å²) in [5, 5.41) is 15.9. The molecule has 1 heterocycles. The Labute approximate surface area is 65.0 Å². The zero-order valence-electron chi connectivity index (χ0n) is 6.27. The maximum atomic E-state index is 9.26. The fourth-order valence-electron chi connectivity index (χ4n) is 1.21. The van der Waals surface area contributed by atoms with E-state index in [0.717, 1.165) is 13.0 Å². The van der Waals surface area contributed by atoms with Gasteiger partial charge in [0.15, 0.2) is 0 Å². The van der Waals surface area contributed by atoms with Crippen LogP contribution in [0.3, 0.4) is 0 Å². The molecule has 1 aliphatic rings. The number of azide groups is 1. The molecule has 0 aromatic heterocycles. The van der Waals surface area contributed by atoms with Crippen LogP contribution in [0.5, 0.6) is 0 Å². The quantitative estimate of drug-likeness (QED) is 0.327. The molecule has 0 aliphatic carbocycles. The SMILES string of the molecule is [N-]=[N+]=NC1CNCCC(O)C1. The minimum absolute atomic E-state index is 0.0856. The molecule has 1 fully saturated rings. The van der Waals surface area contributed by atoms with Gasteiger partial charge in [-0.05, 0) is 24.9 Å². The van der Waals surface area contributed by atoms with E-state index in [-0.39, 0.29) is 12.1 Å². The van der Waals surface area contributed by atoms with Crippen molar-refractivity contribution in [1.82, 2.24) is 5.32 Å². The predicted octanol–water partition coefficient (Wildman–Crippen LogP) is 0.410. The van der Waals surface area contributed by atoms with E-state index in [9.17, 15) is 5.11 Å². The van der Waals surface area contributed by atoms with Crippen LogP contribution >= 0.6 is 0 Å². The van der Waals surface area contributed by atoms with Crippen LogP contribution in [-0.2, 0) is 0 Å². The van der Waals surface area contributed by atoms with Gasteiger partial charge in [-0.2, -0.15) is 0 Å². The second-order valence-corrected chi connectivity index (χ2v) is 2.74. The molecule has 0 spiro atoms. The van der Waals surface area contributed by atoms with Gasteiger partial charge in [-0.1, -0.05) is 5.11 Å². The van der Waals surface area contributed by atoms with Gasteiger partial charge in [-0.25, -0.2) is 0 Å². The zero-order chi connectivity index (χ0) is 8.10. The van der Waals surface area contributed by atoms with E-state index in [2.05, 4.69) is 15.3 Å². The van der Waals surface area contributed by atoms with Crippen molar-refractivity contribution < 1.29 is 5.11 Å². The monoisotopic (exact) mass is 156 g/mol. The van der Waals surface area contributed by atoms with E-state index in [0.29, 0.717) is 13.0 Å². The molecule has 0 radical (unpaired) electrons. The number of hydrogen-bond donors (Lipinski definition) is 2. The standard InChI is InChI=1S/C6H12N4O/c7-10-9-5-3-6(11)1-2-8-4-5/h5-6,8,11H,1-4H2. The van der Waals surface area contributed by atoms with Crippen molar-refractivity contribution in [2.45, 2.75) is 25.0 Å². The summed E-state index contributed by atoms with van der Waals surface area (Å²) in [5.41, 5.74) is 8.15. The highest BCUT2D eigenvalue weighted by molar-refractivity contribution is 4.77. The number of rotatable bonds is 1. The third kappa shape index (κ3) is 2.76. The normalized spacial score (nSPS) is 32.1. The Morgan fingerprint density at radius 1 is 1.64 bits per heavy atom.